The van der Waals surface area contributed by atoms with Crippen LogP contribution in [0.3, 0.4) is 0 Å². The molecular formula is C25H27NO5S. The normalized spacial score (nSPS) is 14.7. The Morgan fingerprint density at radius 2 is 1.94 bits per heavy atom. The quantitative estimate of drug-likeness (QED) is 0.431. The van der Waals surface area contributed by atoms with Crippen LogP contribution in [0.5, 0.6) is 17.2 Å². The molecular weight excluding hydrogens is 426 g/mol. The first-order valence-electron chi connectivity index (χ1n) is 10.6. The second-order valence-corrected chi connectivity index (χ2v) is 8.89. The van der Waals surface area contributed by atoms with Gasteiger partial charge in [-0.25, -0.2) is 4.98 Å². The number of nitrogens with zero attached hydrogens (tertiary/aromatic N) is 1. The van der Waals surface area contributed by atoms with Crippen molar-refractivity contribution in [2.45, 2.75) is 39.2 Å². The molecule has 1 atom stereocenters. The lowest BCUT2D eigenvalue weighted by Gasteiger charge is -2.12. The maximum Gasteiger partial charge on any atom is 0.303 e. The first kappa shape index (κ1) is 22.1. The fourth-order valence-corrected chi connectivity index (χ4v) is 4.94. The Hall–Kier alpha value is -3.06. The van der Waals surface area contributed by atoms with Crippen LogP contribution in [0.2, 0.25) is 0 Å². The number of esters is 1. The van der Waals surface area contributed by atoms with Crippen molar-refractivity contribution in [1.29, 1.82) is 0 Å². The van der Waals surface area contributed by atoms with Crippen molar-refractivity contribution in [3.63, 3.8) is 0 Å². The summed E-state index contributed by atoms with van der Waals surface area (Å²) in [6.07, 6.45) is 2.31. The van der Waals surface area contributed by atoms with E-state index in [9.17, 15) is 4.79 Å². The maximum absolute atomic E-state index is 11.3. The molecule has 32 heavy (non-hydrogen) atoms. The lowest BCUT2D eigenvalue weighted by molar-refractivity contribution is -0.146. The zero-order valence-electron chi connectivity index (χ0n) is 18.8. The van der Waals surface area contributed by atoms with Crippen LogP contribution in [0, 0.1) is 6.92 Å². The van der Waals surface area contributed by atoms with Crippen molar-refractivity contribution in [3.05, 3.63) is 58.1 Å². The molecule has 6 nitrogen and oxygen atoms in total. The minimum atomic E-state index is -0.241. The first-order chi connectivity index (χ1) is 15.5. The van der Waals surface area contributed by atoms with Crippen LogP contribution >= 0.6 is 11.3 Å². The second kappa shape index (κ2) is 9.61. The summed E-state index contributed by atoms with van der Waals surface area (Å²) in [6.45, 7) is 4.08. The van der Waals surface area contributed by atoms with Crippen LogP contribution in [0.25, 0.3) is 10.6 Å². The standard InChI is InChI=1S/C25H27NO5S/c1-15-21(26-25(32-15)18-6-10-23(28-3)24(14-18)29-4)11-12-30-19-7-8-20-17(13-19)5-9-22(20)31-16(2)27/h6-8,10,13-14,22H,5,9,11-12H2,1-4H3. The molecule has 0 fully saturated rings. The van der Waals surface area contributed by atoms with Gasteiger partial charge in [-0.1, -0.05) is 6.07 Å². The summed E-state index contributed by atoms with van der Waals surface area (Å²) in [5.74, 6) is 1.98. The minimum absolute atomic E-state index is 0.135. The molecule has 0 saturated heterocycles. The zero-order chi connectivity index (χ0) is 22.7. The molecule has 1 unspecified atom stereocenters. The van der Waals surface area contributed by atoms with E-state index in [2.05, 4.69) is 13.0 Å². The van der Waals surface area contributed by atoms with Crippen molar-refractivity contribution in [1.82, 2.24) is 4.98 Å². The number of ether oxygens (including phenoxy) is 4. The van der Waals surface area contributed by atoms with Crippen LogP contribution in [0.4, 0.5) is 0 Å². The van der Waals surface area contributed by atoms with Gasteiger partial charge in [0.05, 0.1) is 26.5 Å². The van der Waals surface area contributed by atoms with E-state index >= 15 is 0 Å². The molecule has 0 bridgehead atoms. The van der Waals surface area contributed by atoms with Gasteiger partial charge in [0.1, 0.15) is 16.9 Å². The lowest BCUT2D eigenvalue weighted by Crippen LogP contribution is -2.05. The Labute approximate surface area is 192 Å². The number of aromatic nitrogens is 1. The summed E-state index contributed by atoms with van der Waals surface area (Å²) in [7, 11) is 3.26. The van der Waals surface area contributed by atoms with Crippen molar-refractivity contribution >= 4 is 17.3 Å². The van der Waals surface area contributed by atoms with Crippen LogP contribution in [0.1, 0.15) is 41.1 Å². The summed E-state index contributed by atoms with van der Waals surface area (Å²) >= 11 is 1.66. The minimum Gasteiger partial charge on any atom is -0.493 e. The number of hydrogen-bond acceptors (Lipinski definition) is 7. The number of fused-ring (bicyclic) bond motifs is 1. The SMILES string of the molecule is COc1ccc(-c2nc(CCOc3ccc4c(c3)CCC4OC(C)=O)c(C)s2)cc1OC. The van der Waals surface area contributed by atoms with Gasteiger partial charge in [0, 0.05) is 23.8 Å². The molecule has 0 radical (unpaired) electrons. The Morgan fingerprint density at radius 3 is 2.69 bits per heavy atom. The largest absolute Gasteiger partial charge is 0.493 e. The molecule has 3 aromatic rings. The first-order valence-corrected chi connectivity index (χ1v) is 11.4. The summed E-state index contributed by atoms with van der Waals surface area (Å²) < 4.78 is 22.1. The molecule has 0 N–H and O–H groups in total. The van der Waals surface area contributed by atoms with Crippen LogP contribution in [-0.4, -0.2) is 31.8 Å². The van der Waals surface area contributed by atoms with Gasteiger partial charge >= 0.3 is 5.97 Å². The molecule has 0 aliphatic heterocycles. The second-order valence-electron chi connectivity index (χ2n) is 7.69. The van der Waals surface area contributed by atoms with E-state index in [1.54, 1.807) is 25.6 Å². The van der Waals surface area contributed by atoms with Gasteiger partial charge in [0.2, 0.25) is 0 Å². The average Bonchev–Trinajstić information content (AvgIpc) is 3.36. The van der Waals surface area contributed by atoms with Gasteiger partial charge in [-0.05, 0) is 61.2 Å². The molecule has 1 aliphatic carbocycles. The highest BCUT2D eigenvalue weighted by atomic mass is 32.1. The van der Waals surface area contributed by atoms with Gasteiger partial charge in [0.25, 0.3) is 0 Å². The van der Waals surface area contributed by atoms with E-state index in [-0.39, 0.29) is 12.1 Å². The Kier molecular flexibility index (Phi) is 6.65. The monoisotopic (exact) mass is 453 g/mol. The van der Waals surface area contributed by atoms with Crippen molar-refractivity contribution in [2.75, 3.05) is 20.8 Å². The van der Waals surface area contributed by atoms with Gasteiger partial charge in [-0.2, -0.15) is 0 Å². The highest BCUT2D eigenvalue weighted by Crippen LogP contribution is 2.37. The average molecular weight is 454 g/mol. The maximum atomic E-state index is 11.3. The Morgan fingerprint density at radius 1 is 1.12 bits per heavy atom. The number of methoxy groups -OCH3 is 2. The third-order valence-electron chi connectivity index (χ3n) is 5.58. The third kappa shape index (κ3) is 4.72. The molecule has 168 valence electrons. The van der Waals surface area contributed by atoms with Crippen molar-refractivity contribution < 1.29 is 23.7 Å². The van der Waals surface area contributed by atoms with E-state index in [1.165, 1.54) is 17.4 Å². The van der Waals surface area contributed by atoms with Gasteiger partial charge in [-0.15, -0.1) is 11.3 Å². The summed E-state index contributed by atoms with van der Waals surface area (Å²) in [6, 6.07) is 11.9. The fraction of sp³-hybridized carbons (Fsp3) is 0.360. The molecule has 7 heteroatoms. The van der Waals surface area contributed by atoms with E-state index in [0.717, 1.165) is 46.8 Å². The summed E-state index contributed by atoms with van der Waals surface area (Å²) in [5, 5.41) is 0.951. The number of carbonyl (C=O) groups is 1. The zero-order valence-corrected chi connectivity index (χ0v) is 19.6. The molecule has 1 aliphatic rings. The van der Waals surface area contributed by atoms with Crippen molar-refractivity contribution in [3.8, 4) is 27.8 Å². The van der Waals surface area contributed by atoms with E-state index < -0.39 is 0 Å². The van der Waals surface area contributed by atoms with Crippen LogP contribution in [0.15, 0.2) is 36.4 Å². The van der Waals surface area contributed by atoms with Gasteiger partial charge in [0.15, 0.2) is 11.5 Å². The number of thiazole rings is 1. The number of aryl methyl sites for hydroxylation is 2. The molecule has 2 aromatic carbocycles. The highest BCUT2D eigenvalue weighted by Gasteiger charge is 2.25. The molecule has 4 rings (SSSR count). The van der Waals surface area contributed by atoms with E-state index in [4.69, 9.17) is 23.9 Å². The third-order valence-corrected chi connectivity index (χ3v) is 6.64. The number of benzene rings is 2. The predicted octanol–water partition coefficient (Wildman–Crippen LogP) is 5.31. The van der Waals surface area contributed by atoms with E-state index in [0.29, 0.717) is 18.1 Å². The predicted molar refractivity (Wildman–Crippen MR) is 124 cm³/mol. The van der Waals surface area contributed by atoms with Gasteiger partial charge in [-0.3, -0.25) is 4.79 Å². The Balaban J connectivity index is 1.39. The number of rotatable bonds is 8. The van der Waals surface area contributed by atoms with Crippen LogP contribution in [-0.2, 0) is 22.4 Å². The summed E-state index contributed by atoms with van der Waals surface area (Å²) in [5.41, 5.74) is 4.32. The van der Waals surface area contributed by atoms with E-state index in [1.807, 2.05) is 30.3 Å². The molecule has 1 heterocycles. The summed E-state index contributed by atoms with van der Waals surface area (Å²) in [4.78, 5) is 17.3. The van der Waals surface area contributed by atoms with Crippen LogP contribution < -0.4 is 14.2 Å². The number of hydrogen-bond donors (Lipinski definition) is 0. The molecule has 0 saturated carbocycles. The smallest absolute Gasteiger partial charge is 0.303 e. The van der Waals surface area contributed by atoms with Gasteiger partial charge < -0.3 is 18.9 Å². The highest BCUT2D eigenvalue weighted by molar-refractivity contribution is 7.15. The lowest BCUT2D eigenvalue weighted by atomic mass is 10.1. The molecule has 0 amide bonds. The van der Waals surface area contributed by atoms with Crippen molar-refractivity contribution in [2.24, 2.45) is 0 Å². The Bertz CT molecular complexity index is 1120. The topological polar surface area (TPSA) is 66.9 Å². The molecule has 0 spiro atoms. The molecule has 1 aromatic heterocycles. The fourth-order valence-electron chi connectivity index (χ4n) is 3.99. The number of carbonyl (C=O) groups excluding carboxylic acids is 1.